The van der Waals surface area contributed by atoms with Gasteiger partial charge in [0, 0.05) is 22.5 Å². The second-order valence-corrected chi connectivity index (χ2v) is 12.4. The van der Waals surface area contributed by atoms with Gasteiger partial charge in [-0.15, -0.1) is 13.2 Å². The number of nitrogens with two attached hydrogens (primary N) is 3. The lowest BCUT2D eigenvalue weighted by molar-refractivity contribution is -0.274. The number of primary amides is 3. The number of hydrogen-bond acceptors (Lipinski definition) is 7. The maximum absolute atomic E-state index is 13.0. The molecule has 0 fully saturated rings. The fourth-order valence-electron chi connectivity index (χ4n) is 5.14. The largest absolute Gasteiger partial charge is 0.573 e. The topological polar surface area (TPSA) is 201 Å². The number of H-pyrrole nitrogens is 1. The van der Waals surface area contributed by atoms with Crippen LogP contribution in [0, 0.1) is 0 Å². The number of carbonyl (C=O) groups excluding carboxylic acids is 3. The second-order valence-electron chi connectivity index (χ2n) is 10.5. The average molecular weight is 662 g/mol. The van der Waals surface area contributed by atoms with E-state index in [9.17, 15) is 36.0 Å². The first-order chi connectivity index (χ1) is 21.4. The SMILES string of the molecule is CC(Cc1cc(OCC(N)=O)cc(OC(F)(F)F)c1)c1ccccc1-c1c(C(N)=O)[nH]c2cc(N(CC(N)=O)S(C)(=O)=O)ccc12. The molecule has 0 bridgehead atoms. The molecule has 0 radical (unpaired) electrons. The number of hydrogen-bond donors (Lipinski definition) is 4. The summed E-state index contributed by atoms with van der Waals surface area (Å²) in [5, 5.41) is 0.507. The first kappa shape index (κ1) is 33.6. The smallest absolute Gasteiger partial charge is 0.484 e. The van der Waals surface area contributed by atoms with Gasteiger partial charge in [0.05, 0.1) is 11.9 Å². The molecule has 16 heteroatoms. The molecule has 7 N–H and O–H groups in total. The van der Waals surface area contributed by atoms with E-state index in [1.54, 1.807) is 30.3 Å². The summed E-state index contributed by atoms with van der Waals surface area (Å²) in [6.45, 7) is 0.659. The van der Waals surface area contributed by atoms with Crippen molar-refractivity contribution in [2.75, 3.05) is 23.7 Å². The zero-order chi connectivity index (χ0) is 34.0. The maximum atomic E-state index is 13.0. The van der Waals surface area contributed by atoms with E-state index in [1.807, 2.05) is 6.92 Å². The number of benzene rings is 3. The highest BCUT2D eigenvalue weighted by molar-refractivity contribution is 7.92. The molecule has 244 valence electrons. The summed E-state index contributed by atoms with van der Waals surface area (Å²) >= 11 is 0. The molecular weight excluding hydrogens is 631 g/mol. The molecule has 1 unspecified atom stereocenters. The maximum Gasteiger partial charge on any atom is 0.573 e. The number of sulfonamides is 1. The van der Waals surface area contributed by atoms with Crippen molar-refractivity contribution in [1.29, 1.82) is 0 Å². The number of nitrogens with zero attached hydrogens (tertiary/aromatic N) is 1. The Morgan fingerprint density at radius 3 is 2.24 bits per heavy atom. The van der Waals surface area contributed by atoms with Gasteiger partial charge in [-0.05, 0) is 53.3 Å². The molecule has 0 aliphatic carbocycles. The number of nitrogens with one attached hydrogen (secondary N) is 1. The summed E-state index contributed by atoms with van der Waals surface area (Å²) in [6.07, 6.45) is -3.88. The molecule has 1 atom stereocenters. The van der Waals surface area contributed by atoms with Crippen LogP contribution in [0.5, 0.6) is 11.5 Å². The van der Waals surface area contributed by atoms with Gasteiger partial charge >= 0.3 is 6.36 Å². The van der Waals surface area contributed by atoms with E-state index in [4.69, 9.17) is 21.9 Å². The summed E-state index contributed by atoms with van der Waals surface area (Å²) in [6, 6.07) is 15.2. The van der Waals surface area contributed by atoms with Crippen molar-refractivity contribution in [1.82, 2.24) is 4.98 Å². The molecule has 0 saturated carbocycles. The van der Waals surface area contributed by atoms with Gasteiger partial charge in [-0.3, -0.25) is 18.7 Å². The van der Waals surface area contributed by atoms with Crippen molar-refractivity contribution >= 4 is 44.3 Å². The third-order valence-corrected chi connectivity index (χ3v) is 8.01. The standard InChI is InChI=1S/C30H30F3N5O7S/c1-16(9-17-10-19(44-15-26(35)40)13-20(11-17)45-30(31,32)33)21-5-3-4-6-22(21)27-23-8-7-18(12-24(23)37-28(27)29(36)41)38(14-25(34)39)46(2,42)43/h3-8,10-13,16,37H,9,14-15H2,1-2H3,(H2,34,39)(H2,35,40)(H2,36,41). The summed E-state index contributed by atoms with van der Waals surface area (Å²) in [7, 11) is -3.90. The van der Waals surface area contributed by atoms with Gasteiger partial charge in [0.15, 0.2) is 6.61 Å². The molecule has 4 rings (SSSR count). The van der Waals surface area contributed by atoms with Gasteiger partial charge < -0.3 is 31.7 Å². The second kappa shape index (κ2) is 13.0. The molecule has 3 aromatic carbocycles. The Bertz CT molecular complexity index is 1930. The highest BCUT2D eigenvalue weighted by Gasteiger charge is 2.32. The number of alkyl halides is 3. The fraction of sp³-hybridized carbons (Fsp3) is 0.233. The number of aromatic nitrogens is 1. The highest BCUT2D eigenvalue weighted by atomic mass is 32.2. The molecule has 4 aromatic rings. The molecule has 0 aliphatic rings. The lowest BCUT2D eigenvalue weighted by atomic mass is 9.86. The first-order valence-electron chi connectivity index (χ1n) is 13.5. The first-order valence-corrected chi connectivity index (χ1v) is 15.4. The van der Waals surface area contributed by atoms with Crippen LogP contribution in [0.3, 0.4) is 0 Å². The molecule has 1 aromatic heterocycles. The molecular formula is C30H30F3N5O7S. The van der Waals surface area contributed by atoms with E-state index in [1.165, 1.54) is 24.3 Å². The van der Waals surface area contributed by atoms with Crippen LogP contribution in [0.15, 0.2) is 60.7 Å². The van der Waals surface area contributed by atoms with E-state index in [-0.39, 0.29) is 29.5 Å². The Kier molecular flexibility index (Phi) is 9.51. The Hall–Kier alpha value is -5.25. The Morgan fingerprint density at radius 2 is 1.63 bits per heavy atom. The number of ether oxygens (including phenoxy) is 2. The molecule has 12 nitrogen and oxygen atoms in total. The predicted molar refractivity (Wildman–Crippen MR) is 164 cm³/mol. The Balaban J connectivity index is 1.79. The zero-order valence-electron chi connectivity index (χ0n) is 24.6. The van der Waals surface area contributed by atoms with Crippen LogP contribution < -0.4 is 31.0 Å². The van der Waals surface area contributed by atoms with Crippen LogP contribution in [0.2, 0.25) is 0 Å². The number of fused-ring (bicyclic) bond motifs is 1. The van der Waals surface area contributed by atoms with Crippen LogP contribution >= 0.6 is 0 Å². The quantitative estimate of drug-likeness (QED) is 0.168. The number of anilines is 1. The fourth-order valence-corrected chi connectivity index (χ4v) is 6.00. The van der Waals surface area contributed by atoms with Crippen LogP contribution in [0.4, 0.5) is 18.9 Å². The number of amides is 3. The highest BCUT2D eigenvalue weighted by Crippen LogP contribution is 2.40. The molecule has 1 heterocycles. The van der Waals surface area contributed by atoms with Gasteiger partial charge in [0.1, 0.15) is 23.7 Å². The molecule has 0 saturated heterocycles. The minimum Gasteiger partial charge on any atom is -0.484 e. The van der Waals surface area contributed by atoms with Gasteiger partial charge in [0.2, 0.25) is 15.9 Å². The van der Waals surface area contributed by atoms with Crippen LogP contribution in [0.25, 0.3) is 22.0 Å². The van der Waals surface area contributed by atoms with Crippen LogP contribution in [0.1, 0.15) is 34.5 Å². The van der Waals surface area contributed by atoms with Gasteiger partial charge in [-0.2, -0.15) is 0 Å². The Morgan fingerprint density at radius 1 is 0.957 bits per heavy atom. The van der Waals surface area contributed by atoms with Crippen molar-refractivity contribution in [3.63, 3.8) is 0 Å². The van der Waals surface area contributed by atoms with Crippen molar-refractivity contribution < 1.29 is 45.4 Å². The monoisotopic (exact) mass is 661 g/mol. The van der Waals surface area contributed by atoms with Crippen molar-refractivity contribution in [3.8, 4) is 22.6 Å². The Labute approximate surface area is 261 Å². The van der Waals surface area contributed by atoms with E-state index in [0.717, 1.165) is 16.6 Å². The average Bonchev–Trinajstić information content (AvgIpc) is 3.32. The van der Waals surface area contributed by atoms with E-state index >= 15 is 0 Å². The normalized spacial score (nSPS) is 12.5. The third kappa shape index (κ3) is 8.06. The van der Waals surface area contributed by atoms with E-state index < -0.39 is 53.0 Å². The number of carbonyl (C=O) groups is 3. The number of aromatic amines is 1. The number of halogens is 3. The minimum atomic E-state index is -4.98. The van der Waals surface area contributed by atoms with Crippen molar-refractivity contribution in [2.24, 2.45) is 17.2 Å². The van der Waals surface area contributed by atoms with E-state index in [2.05, 4.69) is 9.72 Å². The van der Waals surface area contributed by atoms with Gasteiger partial charge in [-0.1, -0.05) is 37.3 Å². The summed E-state index contributed by atoms with van der Waals surface area (Å²) < 4.78 is 74.1. The summed E-state index contributed by atoms with van der Waals surface area (Å²) in [4.78, 5) is 38.4. The zero-order valence-corrected chi connectivity index (χ0v) is 25.4. The summed E-state index contributed by atoms with van der Waals surface area (Å²) in [5.74, 6) is -3.48. The lowest BCUT2D eigenvalue weighted by Gasteiger charge is -2.21. The molecule has 3 amide bonds. The number of rotatable bonds is 13. The molecule has 46 heavy (non-hydrogen) atoms. The van der Waals surface area contributed by atoms with Crippen molar-refractivity contribution in [2.45, 2.75) is 25.6 Å². The minimum absolute atomic E-state index is 0.0234. The van der Waals surface area contributed by atoms with Crippen molar-refractivity contribution in [3.05, 3.63) is 77.5 Å². The van der Waals surface area contributed by atoms with Crippen LogP contribution in [-0.2, 0) is 26.0 Å². The van der Waals surface area contributed by atoms with Crippen LogP contribution in [-0.4, -0.2) is 56.9 Å². The predicted octanol–water partition coefficient (Wildman–Crippen LogP) is 3.29. The van der Waals surface area contributed by atoms with E-state index in [0.29, 0.717) is 33.2 Å². The molecule has 0 spiro atoms. The third-order valence-electron chi connectivity index (χ3n) is 6.87. The molecule has 0 aliphatic heterocycles. The van der Waals surface area contributed by atoms with Gasteiger partial charge in [-0.25, -0.2) is 8.42 Å². The summed E-state index contributed by atoms with van der Waals surface area (Å²) in [5.41, 5.74) is 18.7. The lowest BCUT2D eigenvalue weighted by Crippen LogP contribution is -2.37. The van der Waals surface area contributed by atoms with Gasteiger partial charge in [0.25, 0.3) is 11.8 Å².